The molecule has 1 heterocycles. The van der Waals surface area contributed by atoms with Crippen molar-refractivity contribution in [2.45, 2.75) is 44.8 Å². The third kappa shape index (κ3) is 5.55. The number of hydrogen-bond donors (Lipinski definition) is 1. The summed E-state index contributed by atoms with van der Waals surface area (Å²) in [5, 5.41) is 2.96. The summed E-state index contributed by atoms with van der Waals surface area (Å²) in [6.45, 7) is 2.08. The number of alkyl halides is 3. The van der Waals surface area contributed by atoms with Crippen molar-refractivity contribution in [3.8, 4) is 0 Å². The first-order chi connectivity index (χ1) is 7.94. The summed E-state index contributed by atoms with van der Waals surface area (Å²) in [6, 6.07) is 3.97. The van der Waals surface area contributed by atoms with Crippen LogP contribution >= 0.6 is 11.3 Å². The van der Waals surface area contributed by atoms with E-state index in [4.69, 9.17) is 0 Å². The maximum absolute atomic E-state index is 12.1. The van der Waals surface area contributed by atoms with E-state index in [9.17, 15) is 13.2 Å². The van der Waals surface area contributed by atoms with Gasteiger partial charge in [-0.1, -0.05) is 6.92 Å². The second-order valence-corrected chi connectivity index (χ2v) is 5.32. The van der Waals surface area contributed by atoms with E-state index in [1.807, 2.05) is 6.07 Å². The molecule has 1 unspecified atom stereocenters. The van der Waals surface area contributed by atoms with E-state index in [1.165, 1.54) is 4.88 Å². The minimum absolute atomic E-state index is 0.0972. The van der Waals surface area contributed by atoms with Crippen molar-refractivity contribution in [1.29, 1.82) is 0 Å². The van der Waals surface area contributed by atoms with Gasteiger partial charge in [0.2, 0.25) is 0 Å². The normalized spacial score (nSPS) is 13.9. The Hall–Kier alpha value is -0.550. The average molecular weight is 265 g/mol. The molecule has 0 saturated heterocycles. The highest BCUT2D eigenvalue weighted by atomic mass is 32.1. The molecule has 0 spiro atoms. The van der Waals surface area contributed by atoms with Gasteiger partial charge in [0.15, 0.2) is 0 Å². The highest BCUT2D eigenvalue weighted by Crippen LogP contribution is 2.24. The Morgan fingerprint density at radius 2 is 1.94 bits per heavy atom. The van der Waals surface area contributed by atoms with Crippen LogP contribution in [0.25, 0.3) is 0 Å². The number of halogens is 3. The van der Waals surface area contributed by atoms with Gasteiger partial charge in [0.05, 0.1) is 0 Å². The van der Waals surface area contributed by atoms with Gasteiger partial charge in [-0.15, -0.1) is 11.3 Å². The van der Waals surface area contributed by atoms with E-state index in [1.54, 1.807) is 18.4 Å². The van der Waals surface area contributed by atoms with Crippen LogP contribution in [0.2, 0.25) is 0 Å². The van der Waals surface area contributed by atoms with Crippen molar-refractivity contribution in [2.75, 3.05) is 7.05 Å². The molecule has 1 atom stereocenters. The van der Waals surface area contributed by atoms with E-state index < -0.39 is 12.6 Å². The van der Waals surface area contributed by atoms with Crippen LogP contribution in [0.15, 0.2) is 12.1 Å². The Labute approximate surface area is 104 Å². The fraction of sp³-hybridized carbons (Fsp3) is 0.667. The molecule has 0 fully saturated rings. The van der Waals surface area contributed by atoms with Crippen LogP contribution in [0.4, 0.5) is 13.2 Å². The molecule has 1 aromatic rings. The molecule has 98 valence electrons. The first-order valence-electron chi connectivity index (χ1n) is 5.76. The van der Waals surface area contributed by atoms with Crippen molar-refractivity contribution in [1.82, 2.24) is 5.32 Å². The highest BCUT2D eigenvalue weighted by molar-refractivity contribution is 7.11. The molecule has 0 aliphatic heterocycles. The number of aryl methyl sites for hydroxylation is 1. The molecular formula is C12H18F3NS. The van der Waals surface area contributed by atoms with Crippen LogP contribution in [0.3, 0.4) is 0 Å². The quantitative estimate of drug-likeness (QED) is 0.825. The van der Waals surface area contributed by atoms with Gasteiger partial charge in [0, 0.05) is 22.2 Å². The predicted molar refractivity (Wildman–Crippen MR) is 65.5 cm³/mol. The molecule has 0 radical (unpaired) electrons. The van der Waals surface area contributed by atoms with Crippen molar-refractivity contribution >= 4 is 11.3 Å². The minimum atomic E-state index is -4.06. The molecule has 1 rings (SSSR count). The zero-order valence-corrected chi connectivity index (χ0v) is 10.9. The standard InChI is InChI=1S/C12H18F3NS/c1-3-10-4-5-11(17-10)8-9(16-2)6-7-12(13,14)15/h4-5,9,16H,3,6-8H2,1-2H3. The van der Waals surface area contributed by atoms with Crippen molar-refractivity contribution in [3.05, 3.63) is 21.9 Å². The molecule has 0 amide bonds. The van der Waals surface area contributed by atoms with Gasteiger partial charge in [-0.2, -0.15) is 13.2 Å². The first kappa shape index (κ1) is 14.5. The molecule has 5 heteroatoms. The molecule has 17 heavy (non-hydrogen) atoms. The highest BCUT2D eigenvalue weighted by Gasteiger charge is 2.28. The predicted octanol–water partition coefficient (Wildman–Crippen LogP) is 3.78. The largest absolute Gasteiger partial charge is 0.389 e. The third-order valence-electron chi connectivity index (χ3n) is 2.70. The monoisotopic (exact) mass is 265 g/mol. The summed E-state index contributed by atoms with van der Waals surface area (Å²) in [5.74, 6) is 0. The van der Waals surface area contributed by atoms with Gasteiger partial charge in [-0.3, -0.25) is 0 Å². The molecule has 1 nitrogen and oxygen atoms in total. The van der Waals surface area contributed by atoms with E-state index in [0.29, 0.717) is 6.42 Å². The summed E-state index contributed by atoms with van der Waals surface area (Å²) in [7, 11) is 1.72. The Morgan fingerprint density at radius 1 is 1.29 bits per heavy atom. The summed E-state index contributed by atoms with van der Waals surface area (Å²) in [5.41, 5.74) is 0. The molecule has 0 bridgehead atoms. The summed E-state index contributed by atoms with van der Waals surface area (Å²) < 4.78 is 36.4. The van der Waals surface area contributed by atoms with E-state index in [-0.39, 0.29) is 12.5 Å². The van der Waals surface area contributed by atoms with E-state index >= 15 is 0 Å². The second kappa shape index (κ2) is 6.40. The smallest absolute Gasteiger partial charge is 0.317 e. The maximum atomic E-state index is 12.1. The lowest BCUT2D eigenvalue weighted by molar-refractivity contribution is -0.136. The number of thiophene rings is 1. The molecule has 1 aromatic heterocycles. The van der Waals surface area contributed by atoms with Crippen LogP contribution in [0, 0.1) is 0 Å². The van der Waals surface area contributed by atoms with Gasteiger partial charge < -0.3 is 5.32 Å². The number of nitrogens with one attached hydrogen (secondary N) is 1. The van der Waals surface area contributed by atoms with Crippen LogP contribution in [-0.4, -0.2) is 19.3 Å². The summed E-state index contributed by atoms with van der Waals surface area (Å²) in [6.07, 6.45) is -2.97. The zero-order valence-electron chi connectivity index (χ0n) is 10.1. The van der Waals surface area contributed by atoms with E-state index in [2.05, 4.69) is 18.3 Å². The van der Waals surface area contributed by atoms with Gasteiger partial charge in [0.25, 0.3) is 0 Å². The number of likely N-dealkylation sites (N-methyl/N-ethyl adjacent to an activating group) is 1. The minimum Gasteiger partial charge on any atom is -0.317 e. The van der Waals surface area contributed by atoms with Gasteiger partial charge in [-0.25, -0.2) is 0 Å². The Balaban J connectivity index is 2.46. The van der Waals surface area contributed by atoms with Crippen LogP contribution < -0.4 is 5.32 Å². The molecular weight excluding hydrogens is 247 g/mol. The summed E-state index contributed by atoms with van der Waals surface area (Å²) >= 11 is 1.69. The topological polar surface area (TPSA) is 12.0 Å². The fourth-order valence-corrected chi connectivity index (χ4v) is 2.69. The lowest BCUT2D eigenvalue weighted by atomic mass is 10.1. The average Bonchev–Trinajstić information content (AvgIpc) is 2.70. The Bertz CT molecular complexity index is 333. The fourth-order valence-electron chi connectivity index (χ4n) is 1.65. The Morgan fingerprint density at radius 3 is 2.41 bits per heavy atom. The van der Waals surface area contributed by atoms with Crippen LogP contribution in [-0.2, 0) is 12.8 Å². The molecule has 0 aliphatic rings. The van der Waals surface area contributed by atoms with Crippen LogP contribution in [0.5, 0.6) is 0 Å². The van der Waals surface area contributed by atoms with E-state index in [0.717, 1.165) is 11.3 Å². The maximum Gasteiger partial charge on any atom is 0.389 e. The SMILES string of the molecule is CCc1ccc(CC(CCC(F)(F)F)NC)s1. The van der Waals surface area contributed by atoms with Gasteiger partial charge in [-0.05, 0) is 38.4 Å². The second-order valence-electron chi connectivity index (χ2n) is 4.07. The molecule has 1 N–H and O–H groups in total. The van der Waals surface area contributed by atoms with Gasteiger partial charge >= 0.3 is 6.18 Å². The van der Waals surface area contributed by atoms with Crippen molar-refractivity contribution in [2.24, 2.45) is 0 Å². The first-order valence-corrected chi connectivity index (χ1v) is 6.58. The molecule has 0 aliphatic carbocycles. The number of hydrogen-bond acceptors (Lipinski definition) is 2. The van der Waals surface area contributed by atoms with Crippen molar-refractivity contribution < 1.29 is 13.2 Å². The lowest BCUT2D eigenvalue weighted by Gasteiger charge is -2.16. The van der Waals surface area contributed by atoms with Gasteiger partial charge in [0.1, 0.15) is 0 Å². The summed E-state index contributed by atoms with van der Waals surface area (Å²) in [4.78, 5) is 2.44. The third-order valence-corrected chi connectivity index (χ3v) is 3.95. The van der Waals surface area contributed by atoms with Crippen molar-refractivity contribution in [3.63, 3.8) is 0 Å². The Kier molecular flexibility index (Phi) is 5.46. The molecule has 0 saturated carbocycles. The van der Waals surface area contributed by atoms with Crippen LogP contribution in [0.1, 0.15) is 29.5 Å². The molecule has 0 aromatic carbocycles. The number of rotatable bonds is 6. The lowest BCUT2D eigenvalue weighted by Crippen LogP contribution is -2.29. The zero-order chi connectivity index (χ0) is 12.9.